The van der Waals surface area contributed by atoms with Crippen molar-refractivity contribution >= 4 is 56.2 Å². The van der Waals surface area contributed by atoms with Crippen LogP contribution in [0.1, 0.15) is 71.6 Å². The van der Waals surface area contributed by atoms with Crippen molar-refractivity contribution in [1.29, 1.82) is 0 Å². The Morgan fingerprint density at radius 3 is 2.33 bits per heavy atom. The number of para-hydroxylation sites is 1. The van der Waals surface area contributed by atoms with Crippen molar-refractivity contribution in [2.45, 2.75) is 47.6 Å². The van der Waals surface area contributed by atoms with E-state index < -0.39 is 16.8 Å². The van der Waals surface area contributed by atoms with E-state index in [4.69, 9.17) is 16.3 Å². The number of Topliss-reactive ketones (excluding diaryl/α,β-unsaturated/α-hetero) is 1. The van der Waals surface area contributed by atoms with Crippen LogP contribution in [0.3, 0.4) is 0 Å². The molecule has 216 valence electrons. The number of nitrogens with zero attached hydrogens (tertiary/aromatic N) is 2. The molecule has 7 nitrogen and oxygen atoms in total. The number of aliphatic carboxylic acids is 1. The quantitative estimate of drug-likeness (QED) is 0.172. The summed E-state index contributed by atoms with van der Waals surface area (Å²) in [5.41, 5.74) is 0.653. The average Bonchev–Trinajstić information content (AvgIpc) is 3.48. The van der Waals surface area contributed by atoms with Gasteiger partial charge in [-0.25, -0.2) is 4.98 Å². The van der Waals surface area contributed by atoms with Gasteiger partial charge in [0.15, 0.2) is 5.78 Å². The molecule has 0 aliphatic heterocycles. The molecular weight excluding hydrogens is 572 g/mol. The maximum atomic E-state index is 14.1. The van der Waals surface area contributed by atoms with Gasteiger partial charge < -0.3 is 14.2 Å². The van der Waals surface area contributed by atoms with Gasteiger partial charge in [-0.3, -0.25) is 14.4 Å². The molecule has 0 atom stereocenters. The second-order valence-electron chi connectivity index (χ2n) is 12.0. The number of aromatic nitrogens is 2. The van der Waals surface area contributed by atoms with Crippen LogP contribution in [-0.4, -0.2) is 32.0 Å². The summed E-state index contributed by atoms with van der Waals surface area (Å²) in [6.45, 7) is 8.82. The molecule has 0 spiro atoms. The molecule has 3 heterocycles. The van der Waals surface area contributed by atoms with Crippen LogP contribution in [0.25, 0.3) is 15.7 Å². The number of carboxylic acid groups (broad SMARTS) is 1. The molecular formula is C33H31ClN2O5S. The number of rotatable bonds is 9. The lowest BCUT2D eigenvalue weighted by atomic mass is 9.79. The molecule has 0 unspecified atom stereocenters. The normalized spacial score (nSPS) is 12.1. The maximum absolute atomic E-state index is 14.1. The number of ether oxygens (including phenoxy) is 1. The van der Waals surface area contributed by atoms with Crippen LogP contribution >= 0.6 is 22.9 Å². The smallest absolute Gasteiger partial charge is 0.309 e. The number of benzene rings is 2. The van der Waals surface area contributed by atoms with E-state index in [-0.39, 0.29) is 30.3 Å². The molecule has 0 aliphatic rings. The largest absolute Gasteiger partial charge is 0.486 e. The predicted octanol–water partition coefficient (Wildman–Crippen LogP) is 7.89. The minimum atomic E-state index is -1.25. The van der Waals surface area contributed by atoms with Gasteiger partial charge in [0, 0.05) is 33.8 Å². The van der Waals surface area contributed by atoms with Crippen LogP contribution in [0.15, 0.2) is 66.9 Å². The Morgan fingerprint density at radius 2 is 1.69 bits per heavy atom. The van der Waals surface area contributed by atoms with Gasteiger partial charge in [0.05, 0.1) is 26.8 Å². The van der Waals surface area contributed by atoms with Gasteiger partial charge in [-0.05, 0) is 68.3 Å². The second kappa shape index (κ2) is 11.0. The summed E-state index contributed by atoms with van der Waals surface area (Å²) in [5.74, 6) is -1.07. The van der Waals surface area contributed by atoms with Crippen molar-refractivity contribution in [1.82, 2.24) is 9.38 Å². The number of fused-ring (bicyclic) bond motifs is 2. The van der Waals surface area contributed by atoms with Gasteiger partial charge in [0.1, 0.15) is 17.4 Å². The summed E-state index contributed by atoms with van der Waals surface area (Å²) < 4.78 is 8.86. The zero-order valence-corrected chi connectivity index (χ0v) is 25.6. The molecule has 0 amide bonds. The molecule has 2 aromatic carbocycles. The Hall–Kier alpha value is -4.01. The molecule has 0 fully saturated rings. The topological polar surface area (TPSA) is 98.0 Å². The summed E-state index contributed by atoms with van der Waals surface area (Å²) in [6, 6.07) is 17.8. The zero-order valence-electron chi connectivity index (χ0n) is 24.0. The highest BCUT2D eigenvalue weighted by atomic mass is 35.5. The molecule has 3 aromatic heterocycles. The van der Waals surface area contributed by atoms with Crippen molar-refractivity contribution in [3.05, 3.63) is 99.3 Å². The summed E-state index contributed by atoms with van der Waals surface area (Å²) in [7, 11) is 0. The highest BCUT2D eigenvalue weighted by Gasteiger charge is 2.37. The Kier molecular flexibility index (Phi) is 7.72. The fraction of sp³-hybridized carbons (Fsp3) is 0.273. The number of halogens is 1. The number of thiazole rings is 1. The Bertz CT molecular complexity index is 1810. The first-order valence-corrected chi connectivity index (χ1v) is 14.7. The number of ketones is 2. The summed E-state index contributed by atoms with van der Waals surface area (Å²) in [6.07, 6.45) is 1.67. The highest BCUT2D eigenvalue weighted by Crippen LogP contribution is 2.37. The number of pyridine rings is 1. The van der Waals surface area contributed by atoms with E-state index >= 15 is 0 Å². The van der Waals surface area contributed by atoms with E-state index in [0.717, 1.165) is 15.2 Å². The van der Waals surface area contributed by atoms with Crippen LogP contribution in [0.5, 0.6) is 5.75 Å². The minimum Gasteiger partial charge on any atom is -0.486 e. The molecule has 0 aliphatic carbocycles. The van der Waals surface area contributed by atoms with E-state index in [0.29, 0.717) is 33.0 Å². The minimum absolute atomic E-state index is 0.0300. The Morgan fingerprint density at radius 1 is 1.00 bits per heavy atom. The third-order valence-electron chi connectivity index (χ3n) is 7.14. The Labute approximate surface area is 252 Å². The average molecular weight is 603 g/mol. The number of carboxylic acids is 1. The number of hydrogen-bond acceptors (Lipinski definition) is 6. The van der Waals surface area contributed by atoms with Crippen molar-refractivity contribution in [2.24, 2.45) is 10.8 Å². The van der Waals surface area contributed by atoms with E-state index in [1.54, 1.807) is 93.0 Å². The van der Waals surface area contributed by atoms with Gasteiger partial charge in [0.25, 0.3) is 0 Å². The van der Waals surface area contributed by atoms with E-state index in [1.807, 2.05) is 24.3 Å². The molecule has 5 rings (SSSR count). The van der Waals surface area contributed by atoms with E-state index in [2.05, 4.69) is 4.98 Å². The van der Waals surface area contributed by atoms with Crippen molar-refractivity contribution in [3.63, 3.8) is 0 Å². The summed E-state index contributed by atoms with van der Waals surface area (Å²) in [5, 5.41) is 11.3. The highest BCUT2D eigenvalue weighted by molar-refractivity contribution is 7.18. The SMILES string of the molecule is CC(C)(C)C(=O)c1c(CC(C)(C)C(=O)O)c(C(=O)c2ccc(Cl)cc2)n2ccc(OCc3nc4ccccc4s3)cc12. The molecule has 0 radical (unpaired) electrons. The lowest BCUT2D eigenvalue weighted by molar-refractivity contribution is -0.146. The van der Waals surface area contributed by atoms with Crippen LogP contribution in [0.4, 0.5) is 0 Å². The van der Waals surface area contributed by atoms with Gasteiger partial charge in [-0.1, -0.05) is 44.5 Å². The van der Waals surface area contributed by atoms with Gasteiger partial charge in [-0.15, -0.1) is 11.3 Å². The first-order valence-electron chi connectivity index (χ1n) is 13.5. The van der Waals surface area contributed by atoms with Gasteiger partial charge in [0.2, 0.25) is 5.78 Å². The Balaban J connectivity index is 1.68. The molecule has 42 heavy (non-hydrogen) atoms. The first-order chi connectivity index (χ1) is 19.8. The first kappa shape index (κ1) is 29.5. The summed E-state index contributed by atoms with van der Waals surface area (Å²) >= 11 is 7.62. The standard InChI is InChI=1S/C33H31ClN2O5S/c1-32(2,3)30(38)27-22(17-33(4,5)31(39)40)28(29(37)19-10-12-20(34)13-11-19)36-15-14-21(16-24(27)36)41-18-26-35-23-8-6-7-9-25(23)42-26/h6-16H,17-18H2,1-5H3,(H,39,40). The zero-order chi connectivity index (χ0) is 30.4. The second-order valence-corrected chi connectivity index (χ2v) is 13.5. The van der Waals surface area contributed by atoms with E-state index in [1.165, 1.54) is 0 Å². The van der Waals surface area contributed by atoms with Crippen molar-refractivity contribution in [3.8, 4) is 5.75 Å². The molecule has 1 N–H and O–H groups in total. The van der Waals surface area contributed by atoms with Crippen LogP contribution < -0.4 is 4.74 Å². The van der Waals surface area contributed by atoms with E-state index in [9.17, 15) is 19.5 Å². The van der Waals surface area contributed by atoms with Crippen LogP contribution in [0, 0.1) is 10.8 Å². The molecule has 5 aromatic rings. The van der Waals surface area contributed by atoms with Crippen molar-refractivity contribution in [2.75, 3.05) is 0 Å². The molecule has 0 saturated heterocycles. The molecule has 9 heteroatoms. The van der Waals surface area contributed by atoms with Crippen LogP contribution in [0.2, 0.25) is 5.02 Å². The third-order valence-corrected chi connectivity index (χ3v) is 8.40. The predicted molar refractivity (Wildman–Crippen MR) is 165 cm³/mol. The van der Waals surface area contributed by atoms with Crippen molar-refractivity contribution < 1.29 is 24.2 Å². The number of carbonyl (C=O) groups is 3. The van der Waals surface area contributed by atoms with Crippen LogP contribution in [-0.2, 0) is 17.8 Å². The number of hydrogen-bond donors (Lipinski definition) is 1. The fourth-order valence-corrected chi connectivity index (χ4v) is 5.81. The van der Waals surface area contributed by atoms with Gasteiger partial charge >= 0.3 is 5.97 Å². The summed E-state index contributed by atoms with van der Waals surface area (Å²) in [4.78, 5) is 44.9. The maximum Gasteiger partial charge on any atom is 0.309 e. The lowest BCUT2D eigenvalue weighted by Gasteiger charge is -2.22. The fourth-order valence-electron chi connectivity index (χ4n) is 4.81. The molecule has 0 bridgehead atoms. The number of carbonyl (C=O) groups excluding carboxylic acids is 2. The third kappa shape index (κ3) is 5.69. The lowest BCUT2D eigenvalue weighted by Crippen LogP contribution is -2.29. The monoisotopic (exact) mass is 602 g/mol. The van der Waals surface area contributed by atoms with Gasteiger partial charge in [-0.2, -0.15) is 0 Å². The molecule has 0 saturated carbocycles.